The van der Waals surface area contributed by atoms with Gasteiger partial charge in [0.05, 0.1) is 18.4 Å². The average molecular weight is 356 g/mol. The van der Waals surface area contributed by atoms with Crippen molar-refractivity contribution in [2.45, 2.75) is 18.3 Å². The van der Waals surface area contributed by atoms with Crippen LogP contribution in [0.1, 0.15) is 18.1 Å². The van der Waals surface area contributed by atoms with Crippen LogP contribution in [-0.2, 0) is 6.18 Å². The van der Waals surface area contributed by atoms with Crippen molar-refractivity contribution < 1.29 is 17.9 Å². The van der Waals surface area contributed by atoms with Gasteiger partial charge in [-0.1, -0.05) is 23.9 Å². The first-order valence-corrected chi connectivity index (χ1v) is 8.01. The van der Waals surface area contributed by atoms with Crippen molar-refractivity contribution in [3.05, 3.63) is 41.5 Å². The molecule has 5 nitrogen and oxygen atoms in total. The molecule has 0 spiro atoms. The van der Waals surface area contributed by atoms with Gasteiger partial charge in [-0.05, 0) is 30.9 Å². The number of nitrogens with one attached hydrogen (secondary N) is 1. The van der Waals surface area contributed by atoms with Gasteiger partial charge < -0.3 is 4.74 Å². The fraction of sp³-hybridized carbons (Fsp3) is 0.267. The first-order chi connectivity index (χ1) is 11.3. The summed E-state index contributed by atoms with van der Waals surface area (Å²) in [4.78, 5) is 8.31. The predicted octanol–water partition coefficient (Wildman–Crippen LogP) is 4.06. The summed E-state index contributed by atoms with van der Waals surface area (Å²) >= 11 is 1.33. The minimum atomic E-state index is -4.39. The fourth-order valence-corrected chi connectivity index (χ4v) is 2.15. The lowest BCUT2D eigenvalue weighted by Gasteiger charge is -2.09. The number of benzene rings is 1. The van der Waals surface area contributed by atoms with Crippen molar-refractivity contribution in [1.82, 2.24) is 9.97 Å². The average Bonchev–Trinajstić information content (AvgIpc) is 2.58. The zero-order valence-electron chi connectivity index (χ0n) is 13.2. The van der Waals surface area contributed by atoms with E-state index in [1.165, 1.54) is 24.9 Å². The minimum absolute atomic E-state index is 0.364. The van der Waals surface area contributed by atoms with Crippen LogP contribution in [0.15, 0.2) is 40.6 Å². The molecule has 0 atom stereocenters. The van der Waals surface area contributed by atoms with E-state index in [2.05, 4.69) is 20.5 Å². The number of halogens is 3. The van der Waals surface area contributed by atoms with Crippen LogP contribution in [0.3, 0.4) is 0 Å². The summed E-state index contributed by atoms with van der Waals surface area (Å²) in [6.07, 6.45) is -2.58. The third kappa shape index (κ3) is 4.60. The molecule has 2 aromatic rings. The first kappa shape index (κ1) is 18.1. The molecule has 1 heterocycles. The number of alkyl halides is 3. The van der Waals surface area contributed by atoms with E-state index in [1.807, 2.05) is 6.26 Å². The van der Waals surface area contributed by atoms with Crippen LogP contribution >= 0.6 is 11.8 Å². The Balaban J connectivity index is 2.23. The topological polar surface area (TPSA) is 59.4 Å². The van der Waals surface area contributed by atoms with Gasteiger partial charge in [-0.25, -0.2) is 4.98 Å². The number of ether oxygens (including phenoxy) is 1. The van der Waals surface area contributed by atoms with E-state index in [0.29, 0.717) is 28.1 Å². The molecule has 0 amide bonds. The van der Waals surface area contributed by atoms with Crippen molar-refractivity contribution in [3.8, 4) is 5.88 Å². The lowest BCUT2D eigenvalue weighted by atomic mass is 10.1. The zero-order chi connectivity index (χ0) is 17.7. The number of hydrogen-bond donors (Lipinski definition) is 1. The molecule has 0 aliphatic heterocycles. The van der Waals surface area contributed by atoms with E-state index in [1.54, 1.807) is 19.1 Å². The van der Waals surface area contributed by atoms with E-state index >= 15 is 0 Å². The fourth-order valence-electron chi connectivity index (χ4n) is 1.78. The molecule has 0 unspecified atom stereocenters. The Kier molecular flexibility index (Phi) is 5.66. The molecular formula is C15H15F3N4OS. The van der Waals surface area contributed by atoms with Crippen molar-refractivity contribution >= 4 is 23.3 Å². The molecular weight excluding hydrogens is 341 g/mol. The molecule has 1 N–H and O–H groups in total. The van der Waals surface area contributed by atoms with E-state index in [0.717, 1.165) is 12.1 Å². The zero-order valence-corrected chi connectivity index (χ0v) is 14.0. The quantitative estimate of drug-likeness (QED) is 0.379. The van der Waals surface area contributed by atoms with E-state index in [4.69, 9.17) is 4.74 Å². The number of nitrogens with zero attached hydrogens (tertiary/aromatic N) is 3. The van der Waals surface area contributed by atoms with E-state index in [-0.39, 0.29) is 0 Å². The molecule has 0 aliphatic carbocycles. The maximum absolute atomic E-state index is 12.8. The number of aromatic nitrogens is 2. The molecule has 2 rings (SSSR count). The summed E-state index contributed by atoms with van der Waals surface area (Å²) in [5, 5.41) is 4.57. The van der Waals surface area contributed by atoms with Crippen molar-refractivity contribution in [2.75, 3.05) is 18.8 Å². The van der Waals surface area contributed by atoms with Crippen LogP contribution in [0, 0.1) is 0 Å². The molecule has 0 aliphatic rings. The lowest BCUT2D eigenvalue weighted by molar-refractivity contribution is -0.137. The van der Waals surface area contributed by atoms with Gasteiger partial charge in [-0.2, -0.15) is 23.3 Å². The summed E-state index contributed by atoms with van der Waals surface area (Å²) in [6, 6.07) is 6.52. The van der Waals surface area contributed by atoms with Crippen LogP contribution in [0.4, 0.5) is 19.0 Å². The number of hydrogen-bond acceptors (Lipinski definition) is 6. The van der Waals surface area contributed by atoms with Crippen molar-refractivity contribution in [1.29, 1.82) is 0 Å². The largest absolute Gasteiger partial charge is 0.481 e. The summed E-state index contributed by atoms with van der Waals surface area (Å²) in [5.74, 6) is 0.751. The van der Waals surface area contributed by atoms with Crippen LogP contribution in [0.2, 0.25) is 0 Å². The van der Waals surface area contributed by atoms with Gasteiger partial charge in [0.1, 0.15) is 0 Å². The molecule has 1 aromatic carbocycles. The Morgan fingerprint density at radius 1 is 1.25 bits per heavy atom. The number of thioether (sulfide) groups is 1. The second-order valence-corrected chi connectivity index (χ2v) is 5.44. The molecule has 9 heteroatoms. The Morgan fingerprint density at radius 3 is 2.62 bits per heavy atom. The molecule has 0 fully saturated rings. The predicted molar refractivity (Wildman–Crippen MR) is 87.6 cm³/mol. The molecule has 1 aromatic heterocycles. The highest BCUT2D eigenvalue weighted by molar-refractivity contribution is 7.98. The summed E-state index contributed by atoms with van der Waals surface area (Å²) in [7, 11) is 1.48. The van der Waals surface area contributed by atoms with Crippen LogP contribution in [0.25, 0.3) is 0 Å². The van der Waals surface area contributed by atoms with Crippen LogP contribution in [0.5, 0.6) is 5.88 Å². The van der Waals surface area contributed by atoms with Gasteiger partial charge in [0.15, 0.2) is 11.0 Å². The molecule has 24 heavy (non-hydrogen) atoms. The van der Waals surface area contributed by atoms with Crippen molar-refractivity contribution in [2.24, 2.45) is 5.10 Å². The second kappa shape index (κ2) is 7.52. The SMILES string of the molecule is COc1cc(NN=C(C)c2cccc(C(F)(F)F)c2)nc(SC)n1. The maximum Gasteiger partial charge on any atom is 0.416 e. The summed E-state index contributed by atoms with van der Waals surface area (Å²) < 4.78 is 43.3. The van der Waals surface area contributed by atoms with Gasteiger partial charge in [0, 0.05) is 6.07 Å². The standard InChI is InChI=1S/C15H15F3N4OS/c1-9(10-5-4-6-11(7-10)15(16,17)18)21-22-12-8-13(23-2)20-14(19-12)24-3/h4-8H,1-3H3,(H,19,20,22). The number of hydrazone groups is 1. The van der Waals surface area contributed by atoms with E-state index in [9.17, 15) is 13.2 Å². The van der Waals surface area contributed by atoms with Crippen LogP contribution in [-0.4, -0.2) is 29.0 Å². The Morgan fingerprint density at radius 2 is 2.00 bits per heavy atom. The minimum Gasteiger partial charge on any atom is -0.481 e. The van der Waals surface area contributed by atoms with Gasteiger partial charge in [0.2, 0.25) is 5.88 Å². The summed E-state index contributed by atoms with van der Waals surface area (Å²) in [5.41, 5.74) is 2.75. The number of methoxy groups -OCH3 is 1. The monoisotopic (exact) mass is 356 g/mol. The third-order valence-corrected chi connectivity index (χ3v) is 3.57. The maximum atomic E-state index is 12.8. The molecule has 0 radical (unpaired) electrons. The van der Waals surface area contributed by atoms with Gasteiger partial charge in [-0.3, -0.25) is 5.43 Å². The number of rotatable bonds is 5. The molecule has 0 saturated heterocycles. The van der Waals surface area contributed by atoms with Gasteiger partial charge in [-0.15, -0.1) is 0 Å². The highest BCUT2D eigenvalue weighted by Crippen LogP contribution is 2.29. The van der Waals surface area contributed by atoms with Gasteiger partial charge in [0.25, 0.3) is 0 Å². The highest BCUT2D eigenvalue weighted by Gasteiger charge is 2.30. The van der Waals surface area contributed by atoms with Crippen LogP contribution < -0.4 is 10.2 Å². The Bertz CT molecular complexity index is 727. The molecule has 128 valence electrons. The Labute approximate surface area is 141 Å². The number of anilines is 1. The lowest BCUT2D eigenvalue weighted by Crippen LogP contribution is -2.07. The normalized spacial score (nSPS) is 12.2. The third-order valence-electron chi connectivity index (χ3n) is 3.02. The van der Waals surface area contributed by atoms with Crippen molar-refractivity contribution in [3.63, 3.8) is 0 Å². The molecule has 0 saturated carbocycles. The van der Waals surface area contributed by atoms with Gasteiger partial charge >= 0.3 is 6.18 Å². The van der Waals surface area contributed by atoms with E-state index < -0.39 is 11.7 Å². The Hall–Kier alpha value is -2.29. The summed E-state index contributed by atoms with van der Waals surface area (Å²) in [6.45, 7) is 1.61. The second-order valence-electron chi connectivity index (χ2n) is 4.67. The molecule has 0 bridgehead atoms. The highest BCUT2D eigenvalue weighted by atomic mass is 32.2. The first-order valence-electron chi connectivity index (χ1n) is 6.78. The smallest absolute Gasteiger partial charge is 0.416 e.